The molecule has 0 aromatic heterocycles. The lowest BCUT2D eigenvalue weighted by Gasteiger charge is -2.21. The van der Waals surface area contributed by atoms with Gasteiger partial charge in [-0.25, -0.2) is 4.39 Å². The highest BCUT2D eigenvalue weighted by Crippen LogP contribution is 2.38. The van der Waals surface area contributed by atoms with Gasteiger partial charge in [-0.1, -0.05) is 24.6 Å². The molecule has 28 heavy (non-hydrogen) atoms. The van der Waals surface area contributed by atoms with Crippen LogP contribution < -0.4 is 0 Å². The summed E-state index contributed by atoms with van der Waals surface area (Å²) in [5.74, 6) is 0.751. The smallest absolute Gasteiger partial charge is 0.185 e. The van der Waals surface area contributed by atoms with Crippen molar-refractivity contribution in [2.45, 2.75) is 25.4 Å². The van der Waals surface area contributed by atoms with E-state index in [4.69, 9.17) is 5.11 Å². The van der Waals surface area contributed by atoms with Gasteiger partial charge in [-0.2, -0.15) is 0 Å². The summed E-state index contributed by atoms with van der Waals surface area (Å²) < 4.78 is 12.4. The first kappa shape index (κ1) is 20.2. The fourth-order valence-corrected chi connectivity index (χ4v) is 4.12. The molecule has 0 amide bonds. The SMILES string of the molecule is O=Nc1c(O)cccc1F.Oc1ccc(C(O)CN2C[C@H]3CCC[C@H]3C2)cc1. The molecule has 1 saturated carbocycles. The lowest BCUT2D eigenvalue weighted by atomic mass is 10.0. The molecule has 1 heterocycles. The Hall–Kier alpha value is -2.51. The molecule has 1 unspecified atom stereocenters. The van der Waals surface area contributed by atoms with E-state index in [1.807, 2.05) is 0 Å². The number of β-amino-alcohol motifs (C(OH)–C–C–N with tert-alkyl or cyclic N) is 1. The Morgan fingerprint density at radius 1 is 1.07 bits per heavy atom. The summed E-state index contributed by atoms with van der Waals surface area (Å²) in [6.45, 7) is 3.03. The van der Waals surface area contributed by atoms with Crippen molar-refractivity contribution in [3.05, 3.63) is 58.8 Å². The van der Waals surface area contributed by atoms with Crippen LogP contribution in [-0.4, -0.2) is 39.9 Å². The lowest BCUT2D eigenvalue weighted by molar-refractivity contribution is 0.122. The van der Waals surface area contributed by atoms with E-state index in [1.165, 1.54) is 31.4 Å². The maximum absolute atomic E-state index is 12.4. The zero-order valence-corrected chi connectivity index (χ0v) is 15.5. The third-order valence-electron chi connectivity index (χ3n) is 5.57. The highest BCUT2D eigenvalue weighted by Gasteiger charge is 2.36. The van der Waals surface area contributed by atoms with Crippen LogP contribution >= 0.6 is 0 Å². The van der Waals surface area contributed by atoms with Crippen molar-refractivity contribution in [2.75, 3.05) is 19.6 Å². The zero-order valence-electron chi connectivity index (χ0n) is 15.5. The van der Waals surface area contributed by atoms with Gasteiger partial charge in [0.1, 0.15) is 11.5 Å². The predicted octanol–water partition coefficient (Wildman–Crippen LogP) is 4.09. The van der Waals surface area contributed by atoms with Gasteiger partial charge in [-0.05, 0) is 59.7 Å². The van der Waals surface area contributed by atoms with Crippen LogP contribution in [0.3, 0.4) is 0 Å². The summed E-state index contributed by atoms with van der Waals surface area (Å²) in [5.41, 5.74) is 0.354. The fraction of sp³-hybridized carbons (Fsp3) is 0.429. The molecule has 2 aromatic carbocycles. The molecule has 2 aromatic rings. The Kier molecular flexibility index (Phi) is 6.59. The van der Waals surface area contributed by atoms with Gasteiger partial charge in [0.25, 0.3) is 0 Å². The largest absolute Gasteiger partial charge is 0.508 e. The quantitative estimate of drug-likeness (QED) is 0.686. The Labute approximate surface area is 163 Å². The Bertz CT molecular complexity index is 767. The number of halogens is 1. The Morgan fingerprint density at radius 3 is 2.25 bits per heavy atom. The number of rotatable bonds is 4. The molecule has 150 valence electrons. The lowest BCUT2D eigenvalue weighted by Crippen LogP contribution is -2.27. The van der Waals surface area contributed by atoms with E-state index in [2.05, 4.69) is 10.1 Å². The Balaban J connectivity index is 0.000000192. The van der Waals surface area contributed by atoms with Crippen LogP contribution in [0.15, 0.2) is 47.6 Å². The van der Waals surface area contributed by atoms with Gasteiger partial charge in [-0.3, -0.25) is 4.90 Å². The maximum Gasteiger partial charge on any atom is 0.185 e. The number of likely N-dealkylation sites (tertiary alicyclic amines) is 1. The van der Waals surface area contributed by atoms with Gasteiger partial charge in [0.15, 0.2) is 11.5 Å². The fourth-order valence-electron chi connectivity index (χ4n) is 4.12. The number of benzene rings is 2. The standard InChI is InChI=1S/C15H21NO2.C6H4FNO2/c17-14-6-4-11(5-7-14)15(18)10-16-8-12-2-1-3-13(12)9-16;7-4-2-1-3-5(9)6(4)8-10/h4-7,12-13,15,17-18H,1-3,8-10H2;1-3,9H/t12-,13+,15?;. The van der Waals surface area contributed by atoms with E-state index < -0.39 is 23.4 Å². The average molecular weight is 388 g/mol. The number of nitrogens with zero attached hydrogens (tertiary/aromatic N) is 2. The topological polar surface area (TPSA) is 93.4 Å². The van der Waals surface area contributed by atoms with Gasteiger partial charge < -0.3 is 15.3 Å². The molecular weight excluding hydrogens is 363 g/mol. The number of aliphatic hydroxyl groups is 1. The van der Waals surface area contributed by atoms with Crippen molar-refractivity contribution in [3.63, 3.8) is 0 Å². The molecule has 1 aliphatic heterocycles. The predicted molar refractivity (Wildman–Crippen MR) is 104 cm³/mol. The van der Waals surface area contributed by atoms with Crippen LogP contribution in [0.1, 0.15) is 30.9 Å². The number of aliphatic hydroxyl groups excluding tert-OH is 1. The van der Waals surface area contributed by atoms with Crippen molar-refractivity contribution in [2.24, 2.45) is 17.0 Å². The first-order valence-electron chi connectivity index (χ1n) is 9.48. The normalized spacial score (nSPS) is 22.2. The number of nitroso groups, excluding NO2 is 1. The average Bonchev–Trinajstić information content (AvgIpc) is 3.24. The number of fused-ring (bicyclic) bond motifs is 1. The van der Waals surface area contributed by atoms with E-state index in [9.17, 15) is 19.5 Å². The van der Waals surface area contributed by atoms with E-state index >= 15 is 0 Å². The molecule has 1 aliphatic carbocycles. The second kappa shape index (κ2) is 9.12. The van der Waals surface area contributed by atoms with Crippen LogP contribution in [0.4, 0.5) is 10.1 Å². The van der Waals surface area contributed by atoms with Crippen molar-refractivity contribution < 1.29 is 19.7 Å². The molecule has 6 nitrogen and oxygen atoms in total. The van der Waals surface area contributed by atoms with Gasteiger partial charge in [0.05, 0.1) is 6.10 Å². The third-order valence-corrected chi connectivity index (χ3v) is 5.57. The minimum atomic E-state index is -0.810. The number of aromatic hydroxyl groups is 2. The number of hydrogen-bond acceptors (Lipinski definition) is 6. The molecule has 2 aliphatic rings. The summed E-state index contributed by atoms with van der Waals surface area (Å²) in [6.07, 6.45) is 3.70. The van der Waals surface area contributed by atoms with Crippen molar-refractivity contribution >= 4 is 5.69 Å². The highest BCUT2D eigenvalue weighted by atomic mass is 19.1. The second-order valence-corrected chi connectivity index (χ2v) is 7.48. The molecule has 3 N–H and O–H groups in total. The molecule has 4 rings (SSSR count). The van der Waals surface area contributed by atoms with Crippen molar-refractivity contribution in [3.8, 4) is 11.5 Å². The zero-order chi connectivity index (χ0) is 20.1. The molecule has 3 atom stereocenters. The van der Waals surface area contributed by atoms with E-state index in [1.54, 1.807) is 24.3 Å². The van der Waals surface area contributed by atoms with E-state index in [0.717, 1.165) is 43.1 Å². The minimum absolute atomic E-state index is 0.252. The summed E-state index contributed by atoms with van der Waals surface area (Å²) in [6, 6.07) is 10.4. The maximum atomic E-state index is 12.4. The van der Waals surface area contributed by atoms with Gasteiger partial charge >= 0.3 is 0 Å². The molecule has 0 spiro atoms. The molecular formula is C21H25FN2O4. The summed E-state index contributed by atoms with van der Waals surface area (Å²) in [7, 11) is 0. The first-order chi connectivity index (χ1) is 13.5. The summed E-state index contributed by atoms with van der Waals surface area (Å²) in [5, 5.41) is 30.5. The summed E-state index contributed by atoms with van der Waals surface area (Å²) >= 11 is 0. The number of hydrogen-bond donors (Lipinski definition) is 3. The Morgan fingerprint density at radius 2 is 1.71 bits per heavy atom. The molecule has 2 fully saturated rings. The molecule has 7 heteroatoms. The van der Waals surface area contributed by atoms with Crippen LogP contribution in [0.25, 0.3) is 0 Å². The summed E-state index contributed by atoms with van der Waals surface area (Å²) in [4.78, 5) is 12.2. The van der Waals surface area contributed by atoms with Crippen LogP contribution in [0.5, 0.6) is 11.5 Å². The van der Waals surface area contributed by atoms with Crippen LogP contribution in [0.2, 0.25) is 0 Å². The van der Waals surface area contributed by atoms with Crippen LogP contribution in [0, 0.1) is 22.6 Å². The molecule has 1 saturated heterocycles. The first-order valence-corrected chi connectivity index (χ1v) is 9.48. The van der Waals surface area contributed by atoms with Crippen molar-refractivity contribution in [1.29, 1.82) is 0 Å². The molecule has 0 bridgehead atoms. The number of phenolic OH excluding ortho intramolecular Hbond substituents is 2. The van der Waals surface area contributed by atoms with E-state index in [0.29, 0.717) is 0 Å². The van der Waals surface area contributed by atoms with Gasteiger partial charge in [0.2, 0.25) is 0 Å². The van der Waals surface area contributed by atoms with Crippen LogP contribution in [-0.2, 0) is 0 Å². The third kappa shape index (κ3) is 4.85. The monoisotopic (exact) mass is 388 g/mol. The molecule has 0 radical (unpaired) electrons. The second-order valence-electron chi connectivity index (χ2n) is 7.48. The van der Waals surface area contributed by atoms with Gasteiger partial charge in [-0.15, -0.1) is 4.91 Å². The highest BCUT2D eigenvalue weighted by molar-refractivity contribution is 5.51. The minimum Gasteiger partial charge on any atom is -0.508 e. The van der Waals surface area contributed by atoms with Crippen molar-refractivity contribution in [1.82, 2.24) is 4.90 Å². The van der Waals surface area contributed by atoms with Gasteiger partial charge in [0, 0.05) is 19.6 Å². The van der Waals surface area contributed by atoms with E-state index in [-0.39, 0.29) is 5.75 Å². The number of phenols is 2.